The lowest BCUT2D eigenvalue weighted by Gasteiger charge is -2.17. The highest BCUT2D eigenvalue weighted by atomic mass is 16.5. The van der Waals surface area contributed by atoms with E-state index in [1.165, 1.54) is 0 Å². The van der Waals surface area contributed by atoms with Gasteiger partial charge in [-0.3, -0.25) is 0 Å². The van der Waals surface area contributed by atoms with Crippen LogP contribution in [0.3, 0.4) is 0 Å². The molecule has 0 radical (unpaired) electrons. The van der Waals surface area contributed by atoms with Crippen LogP contribution in [0.5, 0.6) is 11.5 Å². The van der Waals surface area contributed by atoms with Gasteiger partial charge in [0, 0.05) is 5.92 Å². The van der Waals surface area contributed by atoms with Gasteiger partial charge < -0.3 is 14.6 Å². The Kier molecular flexibility index (Phi) is 4.07. The molecular weight excluding hydrogens is 232 g/mol. The fraction of sp³-hybridized carbons (Fsp3) is 0.500. The number of carbonyl (C=O) groups is 1. The predicted octanol–water partition coefficient (Wildman–Crippen LogP) is 2.72. The number of benzene rings is 1. The van der Waals surface area contributed by atoms with Crippen LogP contribution in [0.1, 0.15) is 26.2 Å². The molecule has 0 aliphatic heterocycles. The highest BCUT2D eigenvalue weighted by Gasteiger charge is 2.38. The minimum absolute atomic E-state index is 0.140. The zero-order valence-corrected chi connectivity index (χ0v) is 10.5. The normalized spacial score (nSPS) is 16.1. The third-order valence-corrected chi connectivity index (χ3v) is 2.86. The SMILES string of the molecule is CCCOc1ccccc1OC(C(=O)O)C1CC1. The summed E-state index contributed by atoms with van der Waals surface area (Å²) in [6, 6.07) is 7.23. The summed E-state index contributed by atoms with van der Waals surface area (Å²) in [6.07, 6.45) is 2.00. The topological polar surface area (TPSA) is 55.8 Å². The second kappa shape index (κ2) is 5.76. The van der Waals surface area contributed by atoms with Crippen molar-refractivity contribution < 1.29 is 19.4 Å². The number of ether oxygens (including phenoxy) is 2. The molecule has 0 spiro atoms. The molecule has 1 aliphatic rings. The Hall–Kier alpha value is -1.71. The molecule has 4 heteroatoms. The van der Waals surface area contributed by atoms with Gasteiger partial charge in [-0.05, 0) is 31.4 Å². The molecule has 1 aliphatic carbocycles. The molecule has 1 saturated carbocycles. The molecule has 2 rings (SSSR count). The van der Waals surface area contributed by atoms with Crippen LogP contribution in [0, 0.1) is 5.92 Å². The fourth-order valence-corrected chi connectivity index (χ4v) is 1.76. The quantitative estimate of drug-likeness (QED) is 0.808. The van der Waals surface area contributed by atoms with Gasteiger partial charge in [-0.15, -0.1) is 0 Å². The maximum absolute atomic E-state index is 11.1. The maximum Gasteiger partial charge on any atom is 0.345 e. The van der Waals surface area contributed by atoms with Gasteiger partial charge in [0.25, 0.3) is 0 Å². The van der Waals surface area contributed by atoms with E-state index in [2.05, 4.69) is 0 Å². The lowest BCUT2D eigenvalue weighted by atomic mass is 10.2. The molecule has 1 N–H and O–H groups in total. The van der Waals surface area contributed by atoms with Gasteiger partial charge in [-0.25, -0.2) is 4.79 Å². The summed E-state index contributed by atoms with van der Waals surface area (Å²) in [5.41, 5.74) is 0. The van der Waals surface area contributed by atoms with Gasteiger partial charge >= 0.3 is 5.97 Å². The number of hydrogen-bond acceptors (Lipinski definition) is 3. The van der Waals surface area contributed by atoms with Crippen LogP contribution < -0.4 is 9.47 Å². The summed E-state index contributed by atoms with van der Waals surface area (Å²) in [6.45, 7) is 2.62. The summed E-state index contributed by atoms with van der Waals surface area (Å²) < 4.78 is 11.2. The molecule has 0 amide bonds. The molecule has 1 aromatic carbocycles. The maximum atomic E-state index is 11.1. The van der Waals surface area contributed by atoms with Crippen molar-refractivity contribution >= 4 is 5.97 Å². The first-order valence-electron chi connectivity index (χ1n) is 6.33. The van der Waals surface area contributed by atoms with Gasteiger partial charge in [0.2, 0.25) is 0 Å². The van der Waals surface area contributed by atoms with Gasteiger partial charge in [0.05, 0.1) is 6.61 Å². The first kappa shape index (κ1) is 12.7. The number of carboxylic acid groups (broad SMARTS) is 1. The second-order valence-electron chi connectivity index (χ2n) is 4.51. The second-order valence-corrected chi connectivity index (χ2v) is 4.51. The van der Waals surface area contributed by atoms with E-state index >= 15 is 0 Å². The highest BCUT2D eigenvalue weighted by Crippen LogP contribution is 2.37. The Labute approximate surface area is 107 Å². The first-order valence-corrected chi connectivity index (χ1v) is 6.33. The highest BCUT2D eigenvalue weighted by molar-refractivity contribution is 5.73. The summed E-state index contributed by atoms with van der Waals surface area (Å²) in [5, 5.41) is 9.15. The van der Waals surface area contributed by atoms with E-state index in [9.17, 15) is 4.79 Å². The Balaban J connectivity index is 2.09. The molecule has 1 aromatic rings. The molecule has 18 heavy (non-hydrogen) atoms. The number of aliphatic carboxylic acids is 1. The van der Waals surface area contributed by atoms with E-state index in [1.807, 2.05) is 19.1 Å². The number of carboxylic acids is 1. The van der Waals surface area contributed by atoms with Crippen molar-refractivity contribution in [3.05, 3.63) is 24.3 Å². The van der Waals surface area contributed by atoms with Crippen LogP contribution in [0.25, 0.3) is 0 Å². The smallest absolute Gasteiger partial charge is 0.345 e. The molecule has 1 unspecified atom stereocenters. The molecule has 0 bridgehead atoms. The Morgan fingerprint density at radius 1 is 1.39 bits per heavy atom. The Morgan fingerprint density at radius 3 is 2.61 bits per heavy atom. The third-order valence-electron chi connectivity index (χ3n) is 2.86. The molecular formula is C14H18O4. The summed E-state index contributed by atoms with van der Waals surface area (Å²) in [5.74, 6) is 0.376. The van der Waals surface area contributed by atoms with E-state index in [4.69, 9.17) is 14.6 Å². The van der Waals surface area contributed by atoms with Crippen molar-refractivity contribution in [1.82, 2.24) is 0 Å². The lowest BCUT2D eigenvalue weighted by Crippen LogP contribution is -2.29. The zero-order valence-electron chi connectivity index (χ0n) is 10.5. The van der Waals surface area contributed by atoms with E-state index < -0.39 is 12.1 Å². The standard InChI is InChI=1S/C14H18O4/c1-2-9-17-11-5-3-4-6-12(11)18-13(14(15)16)10-7-8-10/h3-6,10,13H,2,7-9H2,1H3,(H,15,16). The van der Waals surface area contributed by atoms with E-state index in [0.717, 1.165) is 19.3 Å². The summed E-state index contributed by atoms with van der Waals surface area (Å²) in [7, 11) is 0. The van der Waals surface area contributed by atoms with Crippen LogP contribution in [-0.2, 0) is 4.79 Å². The van der Waals surface area contributed by atoms with E-state index in [0.29, 0.717) is 18.1 Å². The van der Waals surface area contributed by atoms with Crippen LogP contribution in [0.4, 0.5) is 0 Å². The minimum atomic E-state index is -0.900. The molecule has 1 atom stereocenters. The average molecular weight is 250 g/mol. The van der Waals surface area contributed by atoms with Crippen molar-refractivity contribution in [1.29, 1.82) is 0 Å². The molecule has 0 heterocycles. The van der Waals surface area contributed by atoms with Crippen molar-refractivity contribution in [2.24, 2.45) is 5.92 Å². The summed E-state index contributed by atoms with van der Waals surface area (Å²) >= 11 is 0. The van der Waals surface area contributed by atoms with Gasteiger partial charge in [-0.2, -0.15) is 0 Å². The van der Waals surface area contributed by atoms with E-state index in [1.54, 1.807) is 12.1 Å². The van der Waals surface area contributed by atoms with Crippen LogP contribution in [0.15, 0.2) is 24.3 Å². The van der Waals surface area contributed by atoms with Gasteiger partial charge in [0.15, 0.2) is 17.6 Å². The van der Waals surface area contributed by atoms with Crippen molar-refractivity contribution in [3.63, 3.8) is 0 Å². The first-order chi connectivity index (χ1) is 8.72. The zero-order chi connectivity index (χ0) is 13.0. The minimum Gasteiger partial charge on any atom is -0.490 e. The largest absolute Gasteiger partial charge is 0.490 e. The van der Waals surface area contributed by atoms with Crippen LogP contribution in [-0.4, -0.2) is 23.8 Å². The molecule has 0 saturated heterocycles. The molecule has 1 fully saturated rings. The Bertz CT molecular complexity index is 412. The lowest BCUT2D eigenvalue weighted by molar-refractivity contribution is -0.146. The molecule has 0 aromatic heterocycles. The van der Waals surface area contributed by atoms with Crippen molar-refractivity contribution in [3.8, 4) is 11.5 Å². The fourth-order valence-electron chi connectivity index (χ4n) is 1.76. The molecule has 4 nitrogen and oxygen atoms in total. The van der Waals surface area contributed by atoms with Crippen molar-refractivity contribution in [2.45, 2.75) is 32.3 Å². The summed E-state index contributed by atoms with van der Waals surface area (Å²) in [4.78, 5) is 11.1. The van der Waals surface area contributed by atoms with Crippen molar-refractivity contribution in [2.75, 3.05) is 6.61 Å². The van der Waals surface area contributed by atoms with E-state index in [-0.39, 0.29) is 5.92 Å². The predicted molar refractivity (Wildman–Crippen MR) is 67.0 cm³/mol. The molecule has 98 valence electrons. The van der Waals surface area contributed by atoms with Crippen LogP contribution >= 0.6 is 0 Å². The Morgan fingerprint density at radius 2 is 2.06 bits per heavy atom. The third kappa shape index (κ3) is 3.15. The van der Waals surface area contributed by atoms with Gasteiger partial charge in [-0.1, -0.05) is 19.1 Å². The van der Waals surface area contributed by atoms with Crippen LogP contribution in [0.2, 0.25) is 0 Å². The number of rotatable bonds is 7. The number of para-hydroxylation sites is 2. The average Bonchev–Trinajstić information content (AvgIpc) is 3.18. The number of hydrogen-bond donors (Lipinski definition) is 1. The van der Waals surface area contributed by atoms with Gasteiger partial charge in [0.1, 0.15) is 0 Å². The monoisotopic (exact) mass is 250 g/mol.